The van der Waals surface area contributed by atoms with Gasteiger partial charge in [-0.05, 0) is 42.2 Å². The molecule has 88 valence electrons. The van der Waals surface area contributed by atoms with Crippen molar-refractivity contribution in [1.82, 2.24) is 0 Å². The zero-order chi connectivity index (χ0) is 12.3. The van der Waals surface area contributed by atoms with Gasteiger partial charge in [-0.2, -0.15) is 0 Å². The summed E-state index contributed by atoms with van der Waals surface area (Å²) in [5, 5.41) is 0. The Bertz CT molecular complexity index is 473. The highest BCUT2D eigenvalue weighted by molar-refractivity contribution is 9.09. The first-order valence-corrected chi connectivity index (χ1v) is 6.52. The van der Waals surface area contributed by atoms with E-state index in [1.165, 1.54) is 5.56 Å². The van der Waals surface area contributed by atoms with Crippen molar-refractivity contribution in [2.45, 2.75) is 18.2 Å². The van der Waals surface area contributed by atoms with E-state index in [1.54, 1.807) is 12.1 Å². The van der Waals surface area contributed by atoms with Gasteiger partial charge in [-0.25, -0.2) is 4.39 Å². The first-order chi connectivity index (χ1) is 8.15. The van der Waals surface area contributed by atoms with E-state index >= 15 is 0 Å². The Balaban J connectivity index is 2.17. The summed E-state index contributed by atoms with van der Waals surface area (Å²) in [7, 11) is 0. The normalized spacial score (nSPS) is 12.4. The largest absolute Gasteiger partial charge is 0.207 e. The van der Waals surface area contributed by atoms with Gasteiger partial charge in [-0.1, -0.05) is 52.3 Å². The van der Waals surface area contributed by atoms with Gasteiger partial charge in [0.2, 0.25) is 0 Å². The van der Waals surface area contributed by atoms with Crippen LogP contribution in [0.1, 0.15) is 21.5 Å². The smallest absolute Gasteiger partial charge is 0.123 e. The van der Waals surface area contributed by atoms with Crippen molar-refractivity contribution >= 4 is 15.9 Å². The molecule has 0 heterocycles. The van der Waals surface area contributed by atoms with Crippen LogP contribution in [0.3, 0.4) is 0 Å². The highest BCUT2D eigenvalue weighted by Crippen LogP contribution is 2.28. The maximum atomic E-state index is 13.3. The van der Waals surface area contributed by atoms with E-state index in [-0.39, 0.29) is 10.6 Å². The molecule has 0 spiro atoms. The van der Waals surface area contributed by atoms with Crippen LogP contribution in [0.5, 0.6) is 0 Å². The van der Waals surface area contributed by atoms with Crippen molar-refractivity contribution in [3.05, 3.63) is 71.0 Å². The fourth-order valence-corrected chi connectivity index (χ4v) is 2.52. The number of rotatable bonds is 3. The maximum absolute atomic E-state index is 13.3. The second kappa shape index (κ2) is 5.46. The first-order valence-electron chi connectivity index (χ1n) is 5.60. The molecular formula is C15H14BrF. The molecular weight excluding hydrogens is 279 g/mol. The zero-order valence-corrected chi connectivity index (χ0v) is 11.2. The molecule has 1 unspecified atom stereocenters. The molecule has 0 aliphatic heterocycles. The van der Waals surface area contributed by atoms with E-state index in [0.717, 1.165) is 17.5 Å². The summed E-state index contributed by atoms with van der Waals surface area (Å²) in [6.07, 6.45) is 0.865. The van der Waals surface area contributed by atoms with Gasteiger partial charge in [0, 0.05) is 4.83 Å². The monoisotopic (exact) mass is 292 g/mol. The fourth-order valence-electron chi connectivity index (χ4n) is 1.88. The Labute approximate surface area is 110 Å². The van der Waals surface area contributed by atoms with E-state index < -0.39 is 0 Å². The van der Waals surface area contributed by atoms with Crippen LogP contribution in [0.4, 0.5) is 4.39 Å². The van der Waals surface area contributed by atoms with Crippen LogP contribution < -0.4 is 0 Å². The summed E-state index contributed by atoms with van der Waals surface area (Å²) in [5.74, 6) is -0.169. The highest BCUT2D eigenvalue weighted by Gasteiger charge is 2.10. The molecule has 0 aliphatic carbocycles. The van der Waals surface area contributed by atoms with Crippen LogP contribution in [0, 0.1) is 12.7 Å². The molecule has 0 fully saturated rings. The number of aryl methyl sites for hydroxylation is 1. The first kappa shape index (κ1) is 12.3. The molecule has 2 rings (SSSR count). The van der Waals surface area contributed by atoms with Gasteiger partial charge in [-0.15, -0.1) is 0 Å². The van der Waals surface area contributed by atoms with Gasteiger partial charge in [0.25, 0.3) is 0 Å². The lowest BCUT2D eigenvalue weighted by Crippen LogP contribution is -1.96. The van der Waals surface area contributed by atoms with E-state index in [1.807, 2.05) is 31.2 Å². The molecule has 0 aliphatic rings. The van der Waals surface area contributed by atoms with Crippen molar-refractivity contribution in [3.63, 3.8) is 0 Å². The van der Waals surface area contributed by atoms with E-state index in [4.69, 9.17) is 0 Å². The van der Waals surface area contributed by atoms with Crippen LogP contribution in [0.25, 0.3) is 0 Å². The van der Waals surface area contributed by atoms with Gasteiger partial charge < -0.3 is 0 Å². The second-order valence-corrected chi connectivity index (χ2v) is 5.32. The van der Waals surface area contributed by atoms with Crippen molar-refractivity contribution in [2.24, 2.45) is 0 Å². The predicted molar refractivity (Wildman–Crippen MR) is 73.0 cm³/mol. The lowest BCUT2D eigenvalue weighted by atomic mass is 10.0. The van der Waals surface area contributed by atoms with Crippen molar-refractivity contribution in [2.75, 3.05) is 0 Å². The molecule has 0 N–H and O–H groups in total. The molecule has 0 bridgehead atoms. The minimum absolute atomic E-state index is 0.152. The molecule has 2 aromatic carbocycles. The minimum Gasteiger partial charge on any atom is -0.207 e. The molecule has 0 saturated carbocycles. The molecule has 17 heavy (non-hydrogen) atoms. The Morgan fingerprint density at radius 3 is 2.47 bits per heavy atom. The van der Waals surface area contributed by atoms with Crippen LogP contribution in [-0.4, -0.2) is 0 Å². The molecule has 0 amide bonds. The lowest BCUT2D eigenvalue weighted by Gasteiger charge is -2.11. The summed E-state index contributed by atoms with van der Waals surface area (Å²) >= 11 is 3.62. The average Bonchev–Trinajstić information content (AvgIpc) is 2.29. The Morgan fingerprint density at radius 1 is 1.12 bits per heavy atom. The number of halogens is 2. The van der Waals surface area contributed by atoms with Crippen molar-refractivity contribution in [3.8, 4) is 0 Å². The van der Waals surface area contributed by atoms with Gasteiger partial charge in [0.15, 0.2) is 0 Å². The number of hydrogen-bond acceptors (Lipinski definition) is 0. The molecule has 0 aromatic heterocycles. The fraction of sp³-hybridized carbons (Fsp3) is 0.200. The van der Waals surface area contributed by atoms with Gasteiger partial charge in [-0.3, -0.25) is 0 Å². The number of benzene rings is 2. The quantitative estimate of drug-likeness (QED) is 0.712. The number of alkyl halides is 1. The zero-order valence-electron chi connectivity index (χ0n) is 9.66. The Kier molecular flexibility index (Phi) is 3.95. The molecule has 0 saturated heterocycles. The van der Waals surface area contributed by atoms with Crippen LogP contribution in [0.2, 0.25) is 0 Å². The summed E-state index contributed by atoms with van der Waals surface area (Å²) < 4.78 is 13.3. The van der Waals surface area contributed by atoms with E-state index in [2.05, 4.69) is 28.1 Å². The third-order valence-electron chi connectivity index (χ3n) is 2.68. The van der Waals surface area contributed by atoms with Gasteiger partial charge in [0.1, 0.15) is 5.82 Å². The van der Waals surface area contributed by atoms with Crippen molar-refractivity contribution < 1.29 is 4.39 Å². The third-order valence-corrected chi connectivity index (χ3v) is 3.54. The van der Waals surface area contributed by atoms with Gasteiger partial charge in [0.05, 0.1) is 0 Å². The molecule has 1 atom stereocenters. The third kappa shape index (κ3) is 3.40. The van der Waals surface area contributed by atoms with Crippen LogP contribution in [0.15, 0.2) is 48.5 Å². The summed E-state index contributed by atoms with van der Waals surface area (Å²) in [4.78, 5) is 0.152. The van der Waals surface area contributed by atoms with Crippen LogP contribution in [-0.2, 0) is 6.42 Å². The number of hydrogen-bond donors (Lipinski definition) is 0. The highest BCUT2D eigenvalue weighted by atomic mass is 79.9. The van der Waals surface area contributed by atoms with Crippen molar-refractivity contribution in [1.29, 1.82) is 0 Å². The predicted octanol–water partition coefficient (Wildman–Crippen LogP) is 4.81. The molecule has 2 aromatic rings. The standard InChI is InChI=1S/C15H14BrF/c1-11-7-13(10-14(17)8-11)15(16)9-12-5-3-2-4-6-12/h2-8,10,15H,9H2,1H3. The summed E-state index contributed by atoms with van der Waals surface area (Å²) in [6, 6.07) is 15.4. The maximum Gasteiger partial charge on any atom is 0.123 e. The summed E-state index contributed by atoms with van der Waals surface area (Å²) in [6.45, 7) is 1.91. The SMILES string of the molecule is Cc1cc(F)cc(C(Br)Cc2ccccc2)c1. The second-order valence-electron chi connectivity index (χ2n) is 4.22. The Morgan fingerprint density at radius 2 is 1.82 bits per heavy atom. The molecule has 0 radical (unpaired) electrons. The average molecular weight is 293 g/mol. The minimum atomic E-state index is -0.169. The van der Waals surface area contributed by atoms with Gasteiger partial charge >= 0.3 is 0 Å². The van der Waals surface area contributed by atoms with E-state index in [9.17, 15) is 4.39 Å². The Hall–Kier alpha value is -1.15. The molecule has 2 heteroatoms. The van der Waals surface area contributed by atoms with E-state index in [0.29, 0.717) is 0 Å². The van der Waals surface area contributed by atoms with Crippen LogP contribution >= 0.6 is 15.9 Å². The summed E-state index contributed by atoms with van der Waals surface area (Å²) in [5.41, 5.74) is 3.19. The molecule has 0 nitrogen and oxygen atoms in total. The topological polar surface area (TPSA) is 0 Å². The lowest BCUT2D eigenvalue weighted by molar-refractivity contribution is 0.623.